The molecule has 0 aromatic heterocycles. The third-order valence-electron chi connectivity index (χ3n) is 4.33. The molecule has 2 N–H and O–H groups in total. The van der Waals surface area contributed by atoms with Gasteiger partial charge in [-0.25, -0.2) is 0 Å². The zero-order valence-electron chi connectivity index (χ0n) is 15.2. The van der Waals surface area contributed by atoms with E-state index < -0.39 is 0 Å². The molecule has 5 heteroatoms. The molecule has 0 spiro atoms. The molecule has 1 aromatic rings. The maximum absolute atomic E-state index is 9.67. The molecule has 0 amide bonds. The van der Waals surface area contributed by atoms with Crippen LogP contribution in [-0.4, -0.2) is 48.2 Å². The molecule has 0 aliphatic carbocycles. The van der Waals surface area contributed by atoms with E-state index in [-0.39, 0.29) is 30.1 Å². The molecule has 0 radical (unpaired) electrons. The number of rotatable bonds is 6. The highest BCUT2D eigenvalue weighted by molar-refractivity contribution is 14.0. The van der Waals surface area contributed by atoms with Gasteiger partial charge in [0.25, 0.3) is 0 Å². The van der Waals surface area contributed by atoms with E-state index in [9.17, 15) is 5.11 Å². The number of nitrogens with zero attached hydrogens (tertiary/aromatic N) is 2. The van der Waals surface area contributed by atoms with E-state index in [1.54, 1.807) is 0 Å². The number of guanidine groups is 1. The molecule has 1 heterocycles. The molecule has 4 nitrogen and oxygen atoms in total. The van der Waals surface area contributed by atoms with Gasteiger partial charge in [-0.15, -0.1) is 24.0 Å². The van der Waals surface area contributed by atoms with E-state index in [1.807, 2.05) is 0 Å². The highest BCUT2D eigenvalue weighted by Gasteiger charge is 2.22. The van der Waals surface area contributed by atoms with Gasteiger partial charge in [0, 0.05) is 26.2 Å². The smallest absolute Gasteiger partial charge is 0.194 e. The number of aliphatic hydroxyl groups excluding tert-OH is 1. The van der Waals surface area contributed by atoms with Crippen LogP contribution in [0.25, 0.3) is 0 Å². The lowest BCUT2D eigenvalue weighted by atomic mass is 10.0. The normalized spacial score (nSPS) is 18.0. The van der Waals surface area contributed by atoms with E-state index in [4.69, 9.17) is 4.99 Å². The Kier molecular flexibility index (Phi) is 9.66. The lowest BCUT2D eigenvalue weighted by molar-refractivity contribution is 0.188. The molecule has 1 aliphatic rings. The first-order valence-corrected chi connectivity index (χ1v) is 8.90. The highest BCUT2D eigenvalue weighted by Crippen LogP contribution is 2.15. The Bertz CT molecular complexity index is 502. The Labute approximate surface area is 163 Å². The number of likely N-dealkylation sites (tertiary alicyclic amines) is 1. The Hall–Kier alpha value is -0.820. The van der Waals surface area contributed by atoms with Gasteiger partial charge in [0.15, 0.2) is 5.96 Å². The Morgan fingerprint density at radius 1 is 1.33 bits per heavy atom. The molecule has 1 aliphatic heterocycles. The van der Waals surface area contributed by atoms with Crippen LogP contribution in [0.3, 0.4) is 0 Å². The number of hydrogen-bond acceptors (Lipinski definition) is 2. The van der Waals surface area contributed by atoms with Crippen molar-refractivity contribution in [2.75, 3.05) is 26.2 Å². The first-order chi connectivity index (χ1) is 11.1. The number of hydrogen-bond donors (Lipinski definition) is 2. The average molecular weight is 445 g/mol. The van der Waals surface area contributed by atoms with Gasteiger partial charge in [-0.3, -0.25) is 4.99 Å². The van der Waals surface area contributed by atoms with Crippen LogP contribution in [0.15, 0.2) is 29.3 Å². The van der Waals surface area contributed by atoms with Gasteiger partial charge in [-0.05, 0) is 43.2 Å². The number of aliphatic hydroxyl groups is 1. The van der Waals surface area contributed by atoms with E-state index in [2.05, 4.69) is 55.3 Å². The maximum atomic E-state index is 9.67. The minimum absolute atomic E-state index is 0. The molecule has 0 bridgehead atoms. The van der Waals surface area contributed by atoms with Crippen molar-refractivity contribution in [1.29, 1.82) is 0 Å². The van der Waals surface area contributed by atoms with E-state index in [0.717, 1.165) is 44.9 Å². The second-order valence-electron chi connectivity index (χ2n) is 6.62. The van der Waals surface area contributed by atoms with Crippen molar-refractivity contribution in [2.24, 2.45) is 4.99 Å². The molecule has 0 saturated carbocycles. The molecule has 1 atom stereocenters. The topological polar surface area (TPSA) is 47.9 Å². The summed E-state index contributed by atoms with van der Waals surface area (Å²) in [6.07, 6.45) is 2.74. The zero-order chi connectivity index (χ0) is 16.7. The largest absolute Gasteiger partial charge is 0.391 e. The average Bonchev–Trinajstić information content (AvgIpc) is 2.97. The first kappa shape index (κ1) is 21.2. The van der Waals surface area contributed by atoms with Crippen LogP contribution >= 0.6 is 24.0 Å². The monoisotopic (exact) mass is 445 g/mol. The minimum Gasteiger partial charge on any atom is -0.391 e. The molecule has 1 fully saturated rings. The Morgan fingerprint density at radius 2 is 2.04 bits per heavy atom. The Balaban J connectivity index is 0.00000288. The van der Waals surface area contributed by atoms with Crippen LogP contribution in [0.5, 0.6) is 0 Å². The quantitative estimate of drug-likeness (QED) is 0.306. The SMILES string of the molecule is CCNC(=NCCCc1ccc(C(C)C)cc1)N1CC[C@@H](O)C1.I. The van der Waals surface area contributed by atoms with Crippen LogP contribution in [0.4, 0.5) is 0 Å². The van der Waals surface area contributed by atoms with Gasteiger partial charge in [-0.2, -0.15) is 0 Å². The van der Waals surface area contributed by atoms with E-state index in [0.29, 0.717) is 12.5 Å². The summed E-state index contributed by atoms with van der Waals surface area (Å²) in [6.45, 7) is 9.80. The molecule has 2 rings (SSSR count). The molecule has 0 unspecified atom stereocenters. The van der Waals surface area contributed by atoms with Crippen LogP contribution in [0.1, 0.15) is 50.7 Å². The van der Waals surface area contributed by atoms with Crippen molar-refractivity contribution >= 4 is 29.9 Å². The van der Waals surface area contributed by atoms with Crippen molar-refractivity contribution in [3.8, 4) is 0 Å². The number of halogens is 1. The number of β-amino-alcohol motifs (C(OH)–C–C–N with tert-alkyl or cyclic N) is 1. The second kappa shape index (κ2) is 10.9. The fraction of sp³-hybridized carbons (Fsp3) is 0.632. The zero-order valence-corrected chi connectivity index (χ0v) is 17.5. The van der Waals surface area contributed by atoms with Crippen LogP contribution in [0, 0.1) is 0 Å². The van der Waals surface area contributed by atoms with Gasteiger partial charge in [0.05, 0.1) is 6.10 Å². The fourth-order valence-corrected chi connectivity index (χ4v) is 2.90. The lowest BCUT2D eigenvalue weighted by Crippen LogP contribution is -2.40. The summed E-state index contributed by atoms with van der Waals surface area (Å²) in [6, 6.07) is 8.94. The maximum Gasteiger partial charge on any atom is 0.194 e. The van der Waals surface area contributed by atoms with Crippen LogP contribution in [0.2, 0.25) is 0 Å². The number of aryl methyl sites for hydroxylation is 1. The third kappa shape index (κ3) is 6.59. The van der Waals surface area contributed by atoms with Crippen molar-refractivity contribution in [2.45, 2.75) is 52.1 Å². The first-order valence-electron chi connectivity index (χ1n) is 8.90. The van der Waals surface area contributed by atoms with Crippen molar-refractivity contribution in [3.63, 3.8) is 0 Å². The van der Waals surface area contributed by atoms with E-state index in [1.165, 1.54) is 11.1 Å². The van der Waals surface area contributed by atoms with Gasteiger partial charge < -0.3 is 15.3 Å². The molecule has 136 valence electrons. The standard InChI is InChI=1S/C19H31N3O.HI/c1-4-20-19(22-13-11-18(23)14-22)21-12-5-6-16-7-9-17(10-8-16)15(2)3;/h7-10,15,18,23H,4-6,11-14H2,1-3H3,(H,20,21);1H/t18-;/m1./s1. The van der Waals surface area contributed by atoms with Gasteiger partial charge >= 0.3 is 0 Å². The molecular formula is C19H32IN3O. The summed E-state index contributed by atoms with van der Waals surface area (Å²) in [4.78, 5) is 6.87. The number of aliphatic imine (C=N–C) groups is 1. The highest BCUT2D eigenvalue weighted by atomic mass is 127. The van der Waals surface area contributed by atoms with E-state index >= 15 is 0 Å². The van der Waals surface area contributed by atoms with Crippen molar-refractivity contribution in [1.82, 2.24) is 10.2 Å². The number of nitrogens with one attached hydrogen (secondary N) is 1. The lowest BCUT2D eigenvalue weighted by Gasteiger charge is -2.20. The molecule has 1 saturated heterocycles. The summed E-state index contributed by atoms with van der Waals surface area (Å²) in [7, 11) is 0. The van der Waals surface area contributed by atoms with Gasteiger partial charge in [0.1, 0.15) is 0 Å². The fourth-order valence-electron chi connectivity index (χ4n) is 2.90. The number of benzene rings is 1. The van der Waals surface area contributed by atoms with Gasteiger partial charge in [0.2, 0.25) is 0 Å². The summed E-state index contributed by atoms with van der Waals surface area (Å²) >= 11 is 0. The summed E-state index contributed by atoms with van der Waals surface area (Å²) in [5.74, 6) is 1.53. The van der Waals surface area contributed by atoms with Crippen molar-refractivity contribution < 1.29 is 5.11 Å². The summed E-state index contributed by atoms with van der Waals surface area (Å²) in [5.41, 5.74) is 2.78. The molecular weight excluding hydrogens is 413 g/mol. The van der Waals surface area contributed by atoms with Gasteiger partial charge in [-0.1, -0.05) is 38.1 Å². The summed E-state index contributed by atoms with van der Waals surface area (Å²) < 4.78 is 0. The predicted molar refractivity (Wildman–Crippen MR) is 112 cm³/mol. The van der Waals surface area contributed by atoms with Crippen molar-refractivity contribution in [3.05, 3.63) is 35.4 Å². The molecule has 1 aromatic carbocycles. The Morgan fingerprint density at radius 3 is 2.58 bits per heavy atom. The van der Waals surface area contributed by atoms with Crippen LogP contribution in [-0.2, 0) is 6.42 Å². The summed E-state index contributed by atoms with van der Waals surface area (Å²) in [5, 5.41) is 13.0. The minimum atomic E-state index is -0.210. The van der Waals surface area contributed by atoms with Crippen LogP contribution < -0.4 is 5.32 Å². The molecule has 24 heavy (non-hydrogen) atoms. The second-order valence-corrected chi connectivity index (χ2v) is 6.62. The predicted octanol–water partition coefficient (Wildman–Crippen LogP) is 3.39. The third-order valence-corrected chi connectivity index (χ3v) is 4.33.